The Hall–Kier alpha value is -3.30. The molecular weight excluding hydrogens is 446 g/mol. The molecule has 0 bridgehead atoms. The van der Waals surface area contributed by atoms with Crippen molar-refractivity contribution in [1.29, 1.82) is 0 Å². The number of thiophene rings is 1. The molecule has 0 radical (unpaired) electrons. The minimum absolute atomic E-state index is 0.00183. The summed E-state index contributed by atoms with van der Waals surface area (Å²) in [7, 11) is -1.74. The minimum Gasteiger partial charge on any atom is -0.496 e. The summed E-state index contributed by atoms with van der Waals surface area (Å²) in [5.74, 6) is 0.543. The Balaban J connectivity index is 1.68. The van der Waals surface area contributed by atoms with Crippen molar-refractivity contribution in [3.8, 4) is 5.75 Å². The largest absolute Gasteiger partial charge is 0.496 e. The Morgan fingerprint density at radius 2 is 1.88 bits per heavy atom. The molecule has 2 N–H and O–H groups in total. The summed E-state index contributed by atoms with van der Waals surface area (Å²) in [6.45, 7) is 1.58. The number of methoxy groups -OCH3 is 1. The Morgan fingerprint density at radius 1 is 1.12 bits per heavy atom. The van der Waals surface area contributed by atoms with Gasteiger partial charge in [0.25, 0.3) is 5.91 Å². The lowest BCUT2D eigenvalue weighted by Gasteiger charge is -2.26. The summed E-state index contributed by atoms with van der Waals surface area (Å²) < 4.78 is 31.7. The van der Waals surface area contributed by atoms with Gasteiger partial charge in [-0.3, -0.25) is 14.9 Å². The summed E-state index contributed by atoms with van der Waals surface area (Å²) in [5.41, 5.74) is 6.15. The second kappa shape index (κ2) is 9.05. The van der Waals surface area contributed by atoms with Crippen LogP contribution in [0.5, 0.6) is 5.75 Å². The molecule has 1 unspecified atom stereocenters. The first-order chi connectivity index (χ1) is 15.4. The summed E-state index contributed by atoms with van der Waals surface area (Å²) >= 11 is 1.38. The average molecular weight is 470 g/mol. The van der Waals surface area contributed by atoms with Gasteiger partial charge in [-0.2, -0.15) is 0 Å². The maximum absolute atomic E-state index is 13.2. The normalized spacial score (nSPS) is 15.8. The van der Waals surface area contributed by atoms with Crippen LogP contribution in [0, 0.1) is 0 Å². The number of hydrogen-bond acceptors (Lipinski definition) is 6. The molecule has 0 aliphatic carbocycles. The van der Waals surface area contributed by atoms with Crippen molar-refractivity contribution in [3.05, 3.63) is 88.1 Å². The van der Waals surface area contributed by atoms with E-state index in [0.717, 1.165) is 16.8 Å². The highest BCUT2D eigenvalue weighted by Crippen LogP contribution is 2.37. The van der Waals surface area contributed by atoms with Gasteiger partial charge in [-0.05, 0) is 48.2 Å². The first kappa shape index (κ1) is 21.9. The molecule has 0 saturated heterocycles. The van der Waals surface area contributed by atoms with Crippen LogP contribution < -0.4 is 14.9 Å². The number of hydrogen-bond donors (Lipinski definition) is 2. The standard InChI is InChI=1S/C23H23N3O4S2/c1-3-32(28,29)25-17-12-10-16(11-13-17)19-15-20(18-7-4-5-8-21(18)30-2)26(24-19)23(27)22-9-6-14-31-22/h4-15,20,24-25H,3H2,1-2H3. The Morgan fingerprint density at radius 3 is 2.53 bits per heavy atom. The highest BCUT2D eigenvalue weighted by molar-refractivity contribution is 7.92. The molecule has 32 heavy (non-hydrogen) atoms. The number of amides is 1. The third-order valence-electron chi connectivity index (χ3n) is 5.10. The summed E-state index contributed by atoms with van der Waals surface area (Å²) in [6.07, 6.45) is 1.97. The van der Waals surface area contributed by atoms with Crippen molar-refractivity contribution >= 4 is 38.7 Å². The van der Waals surface area contributed by atoms with Crippen LogP contribution in [0.25, 0.3) is 5.70 Å². The van der Waals surface area contributed by atoms with Gasteiger partial charge in [0.05, 0.1) is 23.4 Å². The second-order valence-electron chi connectivity index (χ2n) is 7.11. The Labute approximate surface area is 191 Å². The molecule has 0 fully saturated rings. The first-order valence-electron chi connectivity index (χ1n) is 10.0. The second-order valence-corrected chi connectivity index (χ2v) is 10.1. The molecule has 9 heteroatoms. The zero-order valence-electron chi connectivity index (χ0n) is 17.6. The zero-order valence-corrected chi connectivity index (χ0v) is 19.2. The van der Waals surface area contributed by atoms with E-state index in [1.807, 2.05) is 53.9 Å². The molecule has 1 amide bonds. The monoisotopic (exact) mass is 469 g/mol. The maximum atomic E-state index is 13.2. The number of nitrogens with one attached hydrogen (secondary N) is 2. The molecule has 7 nitrogen and oxygen atoms in total. The van der Waals surface area contributed by atoms with E-state index in [1.54, 1.807) is 37.2 Å². The number of para-hydroxylation sites is 1. The van der Waals surface area contributed by atoms with E-state index >= 15 is 0 Å². The van der Waals surface area contributed by atoms with E-state index in [1.165, 1.54) is 11.3 Å². The molecule has 0 saturated carbocycles. The van der Waals surface area contributed by atoms with Crippen LogP contribution in [0.1, 0.15) is 33.8 Å². The minimum atomic E-state index is -3.35. The molecular formula is C23H23N3O4S2. The van der Waals surface area contributed by atoms with Gasteiger partial charge >= 0.3 is 0 Å². The SMILES string of the molecule is CCS(=O)(=O)Nc1ccc(C2=CC(c3ccccc3OC)N(C(=O)c3cccs3)N2)cc1. The molecule has 1 aliphatic heterocycles. The van der Waals surface area contributed by atoms with E-state index in [2.05, 4.69) is 10.1 Å². The van der Waals surface area contributed by atoms with Gasteiger partial charge in [-0.15, -0.1) is 11.3 Å². The fourth-order valence-corrected chi connectivity index (χ4v) is 4.73. The number of sulfonamides is 1. The first-order valence-corrected chi connectivity index (χ1v) is 12.5. The van der Waals surface area contributed by atoms with Crippen molar-refractivity contribution in [2.24, 2.45) is 0 Å². The van der Waals surface area contributed by atoms with Crippen molar-refractivity contribution in [2.45, 2.75) is 13.0 Å². The number of carbonyl (C=O) groups excluding carboxylic acids is 1. The van der Waals surface area contributed by atoms with Crippen LogP contribution >= 0.6 is 11.3 Å². The molecule has 0 spiro atoms. The molecule has 1 aliphatic rings. The third kappa shape index (κ3) is 4.49. The van der Waals surface area contributed by atoms with E-state index in [-0.39, 0.29) is 17.7 Å². The van der Waals surface area contributed by atoms with Crippen molar-refractivity contribution in [2.75, 3.05) is 17.6 Å². The summed E-state index contributed by atoms with van der Waals surface area (Å²) in [6, 6.07) is 17.9. The van der Waals surface area contributed by atoms with Crippen LogP contribution in [-0.2, 0) is 10.0 Å². The smallest absolute Gasteiger partial charge is 0.283 e. The fourth-order valence-electron chi connectivity index (χ4n) is 3.44. The van der Waals surface area contributed by atoms with E-state index in [9.17, 15) is 13.2 Å². The predicted molar refractivity (Wildman–Crippen MR) is 127 cm³/mol. The van der Waals surface area contributed by atoms with Crippen LogP contribution in [0.4, 0.5) is 5.69 Å². The molecule has 1 aromatic heterocycles. The number of carbonyl (C=O) groups is 1. The van der Waals surface area contributed by atoms with E-state index in [4.69, 9.17) is 4.74 Å². The highest BCUT2D eigenvalue weighted by atomic mass is 32.2. The molecule has 2 heterocycles. The number of anilines is 1. The summed E-state index contributed by atoms with van der Waals surface area (Å²) in [5, 5.41) is 3.46. The molecule has 1 atom stereocenters. The van der Waals surface area contributed by atoms with Crippen LogP contribution in [0.2, 0.25) is 0 Å². The lowest BCUT2D eigenvalue weighted by Crippen LogP contribution is -2.39. The fraction of sp³-hybridized carbons (Fsp3) is 0.174. The molecule has 2 aromatic carbocycles. The lowest BCUT2D eigenvalue weighted by molar-refractivity contribution is 0.0676. The molecule has 166 valence electrons. The quantitative estimate of drug-likeness (QED) is 0.540. The number of rotatable bonds is 7. The number of ether oxygens (including phenoxy) is 1. The average Bonchev–Trinajstić information content (AvgIpc) is 3.49. The zero-order chi connectivity index (χ0) is 22.7. The van der Waals surface area contributed by atoms with Crippen LogP contribution in [0.15, 0.2) is 72.1 Å². The van der Waals surface area contributed by atoms with Gasteiger partial charge < -0.3 is 4.74 Å². The molecule has 4 rings (SSSR count). The highest BCUT2D eigenvalue weighted by Gasteiger charge is 2.33. The van der Waals surface area contributed by atoms with Crippen molar-refractivity contribution in [3.63, 3.8) is 0 Å². The van der Waals surface area contributed by atoms with Crippen molar-refractivity contribution in [1.82, 2.24) is 10.4 Å². The van der Waals surface area contributed by atoms with Gasteiger partial charge in [-0.25, -0.2) is 13.4 Å². The van der Waals surface area contributed by atoms with Gasteiger partial charge in [0.2, 0.25) is 10.0 Å². The number of benzene rings is 2. The Kier molecular flexibility index (Phi) is 6.20. The van der Waals surface area contributed by atoms with Gasteiger partial charge in [0.1, 0.15) is 11.8 Å². The van der Waals surface area contributed by atoms with Crippen LogP contribution in [-0.4, -0.2) is 32.2 Å². The predicted octanol–water partition coefficient (Wildman–Crippen LogP) is 4.26. The lowest BCUT2D eigenvalue weighted by atomic mass is 10.0. The topological polar surface area (TPSA) is 87.7 Å². The Bertz CT molecular complexity index is 1240. The van der Waals surface area contributed by atoms with Gasteiger partial charge in [0.15, 0.2) is 0 Å². The maximum Gasteiger partial charge on any atom is 0.283 e. The van der Waals surface area contributed by atoms with E-state index < -0.39 is 10.0 Å². The van der Waals surface area contributed by atoms with E-state index in [0.29, 0.717) is 16.3 Å². The number of nitrogens with zero attached hydrogens (tertiary/aromatic N) is 1. The van der Waals surface area contributed by atoms with Crippen LogP contribution in [0.3, 0.4) is 0 Å². The number of hydrazine groups is 1. The molecule has 3 aromatic rings. The van der Waals surface area contributed by atoms with Gasteiger partial charge in [0, 0.05) is 11.3 Å². The van der Waals surface area contributed by atoms with Gasteiger partial charge in [-0.1, -0.05) is 36.4 Å². The third-order valence-corrected chi connectivity index (χ3v) is 7.27. The summed E-state index contributed by atoms with van der Waals surface area (Å²) in [4.78, 5) is 13.9. The van der Waals surface area contributed by atoms with Crippen molar-refractivity contribution < 1.29 is 17.9 Å².